The van der Waals surface area contributed by atoms with Crippen LogP contribution in [0.3, 0.4) is 0 Å². The van der Waals surface area contributed by atoms with Crippen LogP contribution < -0.4 is 10.1 Å². The van der Waals surface area contributed by atoms with Gasteiger partial charge >= 0.3 is 0 Å². The molecule has 0 unspecified atom stereocenters. The van der Waals surface area contributed by atoms with Gasteiger partial charge in [0, 0.05) is 11.6 Å². The van der Waals surface area contributed by atoms with Crippen LogP contribution in [0.15, 0.2) is 60.7 Å². The van der Waals surface area contributed by atoms with Crippen molar-refractivity contribution in [3.8, 4) is 5.75 Å². The number of fused-ring (bicyclic) bond motifs is 1. The molecule has 134 valence electrons. The fourth-order valence-corrected chi connectivity index (χ4v) is 2.74. The average Bonchev–Trinajstić information content (AvgIpc) is 2.96. The van der Waals surface area contributed by atoms with E-state index in [4.69, 9.17) is 16.3 Å². The first-order chi connectivity index (χ1) is 12.5. The Balaban J connectivity index is 1.64. The molecule has 1 amide bonds. The predicted octanol–water partition coefficient (Wildman–Crippen LogP) is 3.96. The van der Waals surface area contributed by atoms with Gasteiger partial charge in [-0.3, -0.25) is 4.79 Å². The first kappa shape index (κ1) is 18.0. The maximum atomic E-state index is 12.1. The first-order valence-corrected chi connectivity index (χ1v) is 8.64. The number of hydrogen-bond donors (Lipinski definition) is 1. The molecule has 26 heavy (non-hydrogen) atoms. The number of ether oxygens (including phenoxy) is 1. The normalized spacial score (nSPS) is 10.7. The molecular weight excluding hydrogens is 350 g/mol. The predicted molar refractivity (Wildman–Crippen MR) is 103 cm³/mol. The lowest BCUT2D eigenvalue weighted by molar-refractivity contribution is -0.123. The smallest absolute Gasteiger partial charge is 0.258 e. The molecule has 0 atom stereocenters. The summed E-state index contributed by atoms with van der Waals surface area (Å²) in [7, 11) is 0. The Bertz CT molecular complexity index is 932. The highest BCUT2D eigenvalue weighted by Crippen LogP contribution is 2.18. The van der Waals surface area contributed by atoms with E-state index in [0.29, 0.717) is 23.9 Å². The Hall–Kier alpha value is -2.79. The number of aromatic nitrogens is 2. The third-order valence-corrected chi connectivity index (χ3v) is 4.04. The summed E-state index contributed by atoms with van der Waals surface area (Å²) < 4.78 is 7.52. The monoisotopic (exact) mass is 369 g/mol. The van der Waals surface area contributed by atoms with E-state index >= 15 is 0 Å². The Morgan fingerprint density at radius 1 is 1.23 bits per heavy atom. The van der Waals surface area contributed by atoms with Crippen LogP contribution in [0.5, 0.6) is 5.75 Å². The Labute approximate surface area is 157 Å². The number of carbonyl (C=O) groups is 1. The van der Waals surface area contributed by atoms with Gasteiger partial charge in [-0.1, -0.05) is 35.9 Å². The zero-order valence-electron chi connectivity index (χ0n) is 14.5. The summed E-state index contributed by atoms with van der Waals surface area (Å²) >= 11 is 5.83. The molecule has 3 rings (SSSR count). The van der Waals surface area contributed by atoms with Crippen LogP contribution in [-0.2, 0) is 17.9 Å². The second kappa shape index (κ2) is 8.06. The van der Waals surface area contributed by atoms with Gasteiger partial charge in [-0.2, -0.15) is 0 Å². The van der Waals surface area contributed by atoms with E-state index in [9.17, 15) is 4.79 Å². The van der Waals surface area contributed by atoms with E-state index in [1.54, 1.807) is 24.3 Å². The summed E-state index contributed by atoms with van der Waals surface area (Å²) in [4.78, 5) is 16.7. The van der Waals surface area contributed by atoms with Crippen LogP contribution in [0.4, 0.5) is 0 Å². The third kappa shape index (κ3) is 4.43. The lowest BCUT2D eigenvalue weighted by Gasteiger charge is -2.10. The molecule has 0 bridgehead atoms. The lowest BCUT2D eigenvalue weighted by Crippen LogP contribution is -2.29. The van der Waals surface area contributed by atoms with E-state index in [0.717, 1.165) is 22.4 Å². The minimum absolute atomic E-state index is 0.0671. The second-order valence-corrected chi connectivity index (χ2v) is 6.52. The molecule has 0 aliphatic carbocycles. The zero-order valence-corrected chi connectivity index (χ0v) is 15.3. The Morgan fingerprint density at radius 2 is 1.96 bits per heavy atom. The van der Waals surface area contributed by atoms with E-state index in [1.165, 1.54) is 0 Å². The van der Waals surface area contributed by atoms with Gasteiger partial charge in [-0.05, 0) is 43.3 Å². The van der Waals surface area contributed by atoms with Crippen molar-refractivity contribution in [2.24, 2.45) is 0 Å². The minimum Gasteiger partial charge on any atom is -0.484 e. The molecule has 0 aliphatic heterocycles. The van der Waals surface area contributed by atoms with Crippen LogP contribution >= 0.6 is 11.6 Å². The molecule has 1 aromatic heterocycles. The van der Waals surface area contributed by atoms with Gasteiger partial charge < -0.3 is 14.6 Å². The molecule has 3 aromatic rings. The summed E-state index contributed by atoms with van der Waals surface area (Å²) in [5.41, 5.74) is 2.94. The summed E-state index contributed by atoms with van der Waals surface area (Å²) in [6.07, 6.45) is 0. The van der Waals surface area contributed by atoms with Gasteiger partial charge in [0.2, 0.25) is 0 Å². The van der Waals surface area contributed by atoms with Gasteiger partial charge in [-0.25, -0.2) is 4.98 Å². The number of hydrogen-bond acceptors (Lipinski definition) is 3. The highest BCUT2D eigenvalue weighted by Gasteiger charge is 2.12. The van der Waals surface area contributed by atoms with Crippen molar-refractivity contribution in [1.82, 2.24) is 14.9 Å². The third-order valence-electron chi connectivity index (χ3n) is 3.79. The van der Waals surface area contributed by atoms with Gasteiger partial charge in [0.15, 0.2) is 6.61 Å². The van der Waals surface area contributed by atoms with Crippen molar-refractivity contribution < 1.29 is 9.53 Å². The number of para-hydroxylation sites is 2. The van der Waals surface area contributed by atoms with E-state index in [2.05, 4.69) is 21.4 Å². The maximum absolute atomic E-state index is 12.1. The van der Waals surface area contributed by atoms with Crippen molar-refractivity contribution in [1.29, 1.82) is 0 Å². The topological polar surface area (TPSA) is 56.2 Å². The zero-order chi connectivity index (χ0) is 18.5. The van der Waals surface area contributed by atoms with Crippen LogP contribution in [0, 0.1) is 0 Å². The standard InChI is InChI=1S/C20H20ClN3O2/c1-14(2)12-24-18-6-4-3-5-17(18)23-19(24)11-22-20(25)13-26-16-9-7-15(21)8-10-16/h3-10H,1,11-13H2,2H3,(H,22,25). The largest absolute Gasteiger partial charge is 0.484 e. The van der Waals surface area contributed by atoms with Gasteiger partial charge in [-0.15, -0.1) is 0 Å². The van der Waals surface area contributed by atoms with Crippen LogP contribution in [0.25, 0.3) is 11.0 Å². The first-order valence-electron chi connectivity index (χ1n) is 8.26. The molecule has 1 heterocycles. The molecule has 0 aliphatic rings. The fraction of sp³-hybridized carbons (Fsp3) is 0.200. The number of rotatable bonds is 7. The number of nitrogens with one attached hydrogen (secondary N) is 1. The van der Waals surface area contributed by atoms with Gasteiger partial charge in [0.05, 0.1) is 17.6 Å². The summed E-state index contributed by atoms with van der Waals surface area (Å²) in [6, 6.07) is 14.8. The number of allylic oxidation sites excluding steroid dienone is 1. The molecule has 1 N–H and O–H groups in total. The minimum atomic E-state index is -0.214. The molecule has 0 spiro atoms. The lowest BCUT2D eigenvalue weighted by atomic mass is 10.3. The highest BCUT2D eigenvalue weighted by molar-refractivity contribution is 6.30. The molecule has 2 aromatic carbocycles. The second-order valence-electron chi connectivity index (χ2n) is 6.08. The number of amides is 1. The quantitative estimate of drug-likeness (QED) is 0.641. The van der Waals surface area contributed by atoms with Crippen molar-refractivity contribution >= 4 is 28.5 Å². The molecule has 6 heteroatoms. The SMILES string of the molecule is C=C(C)Cn1c(CNC(=O)COc2ccc(Cl)cc2)nc2ccccc21. The van der Waals surface area contributed by atoms with Crippen molar-refractivity contribution in [2.45, 2.75) is 20.0 Å². The number of halogens is 1. The average molecular weight is 370 g/mol. The van der Waals surface area contributed by atoms with E-state index in [1.807, 2.05) is 31.2 Å². The molecule has 0 saturated carbocycles. The molecule has 5 nitrogen and oxygen atoms in total. The van der Waals surface area contributed by atoms with Crippen molar-refractivity contribution in [3.63, 3.8) is 0 Å². The fourth-order valence-electron chi connectivity index (χ4n) is 2.62. The number of nitrogens with zero attached hydrogens (tertiary/aromatic N) is 2. The Morgan fingerprint density at radius 3 is 2.69 bits per heavy atom. The van der Waals surface area contributed by atoms with Crippen molar-refractivity contribution in [3.05, 3.63) is 71.5 Å². The highest BCUT2D eigenvalue weighted by atomic mass is 35.5. The van der Waals surface area contributed by atoms with E-state index in [-0.39, 0.29) is 12.5 Å². The number of imidazole rings is 1. The van der Waals surface area contributed by atoms with Gasteiger partial charge in [0.25, 0.3) is 5.91 Å². The van der Waals surface area contributed by atoms with Crippen LogP contribution in [0.2, 0.25) is 5.02 Å². The number of benzene rings is 2. The number of carbonyl (C=O) groups excluding carboxylic acids is 1. The molecule has 0 saturated heterocycles. The van der Waals surface area contributed by atoms with Crippen molar-refractivity contribution in [2.75, 3.05) is 6.61 Å². The van der Waals surface area contributed by atoms with E-state index < -0.39 is 0 Å². The maximum Gasteiger partial charge on any atom is 0.258 e. The molecule has 0 radical (unpaired) electrons. The summed E-state index contributed by atoms with van der Waals surface area (Å²) in [5, 5.41) is 3.48. The molecule has 0 fully saturated rings. The van der Waals surface area contributed by atoms with Crippen LogP contribution in [0.1, 0.15) is 12.7 Å². The molecular formula is C20H20ClN3O2. The van der Waals surface area contributed by atoms with Gasteiger partial charge in [0.1, 0.15) is 11.6 Å². The summed E-state index contributed by atoms with van der Waals surface area (Å²) in [6.45, 7) is 6.86. The Kier molecular flexibility index (Phi) is 5.58. The summed E-state index contributed by atoms with van der Waals surface area (Å²) in [5.74, 6) is 1.17. The van der Waals surface area contributed by atoms with Crippen LogP contribution in [-0.4, -0.2) is 22.1 Å².